The van der Waals surface area contributed by atoms with Gasteiger partial charge in [-0.3, -0.25) is 4.79 Å². The lowest BCUT2D eigenvalue weighted by molar-refractivity contribution is -0.123. The molecular formula is C16H23NO. The number of nitrogens with two attached hydrogens (primary N) is 1. The summed E-state index contributed by atoms with van der Waals surface area (Å²) in [6, 6.07) is 8.03. The quantitative estimate of drug-likeness (QED) is 0.885. The molecule has 1 aliphatic carbocycles. The molecule has 1 aromatic carbocycles. The van der Waals surface area contributed by atoms with Gasteiger partial charge in [0.1, 0.15) is 5.78 Å². The van der Waals surface area contributed by atoms with Crippen molar-refractivity contribution in [1.29, 1.82) is 0 Å². The van der Waals surface area contributed by atoms with Crippen molar-refractivity contribution in [2.75, 3.05) is 0 Å². The number of benzene rings is 1. The standard InChI is InChI=1S/C16H23NO/c1-12-6-8-13(9-7-12)16(18)10-14-4-2-3-5-15(14)11-17/h2-5,12-13H,6-11,17H2,1H3. The molecule has 0 aliphatic heterocycles. The topological polar surface area (TPSA) is 43.1 Å². The summed E-state index contributed by atoms with van der Waals surface area (Å²) in [5.74, 6) is 1.49. The average Bonchev–Trinajstić information content (AvgIpc) is 2.40. The van der Waals surface area contributed by atoms with Crippen LogP contribution in [0.15, 0.2) is 24.3 Å². The number of Topliss-reactive ketones (excluding diaryl/α,β-unsaturated/α-hetero) is 1. The van der Waals surface area contributed by atoms with E-state index in [4.69, 9.17) is 5.73 Å². The van der Waals surface area contributed by atoms with Gasteiger partial charge in [0.15, 0.2) is 0 Å². The largest absolute Gasteiger partial charge is 0.326 e. The van der Waals surface area contributed by atoms with Gasteiger partial charge in [-0.25, -0.2) is 0 Å². The molecule has 0 atom stereocenters. The van der Waals surface area contributed by atoms with Crippen LogP contribution < -0.4 is 5.73 Å². The fourth-order valence-corrected chi connectivity index (χ4v) is 2.84. The van der Waals surface area contributed by atoms with E-state index < -0.39 is 0 Å². The number of hydrogen-bond acceptors (Lipinski definition) is 2. The molecular weight excluding hydrogens is 222 g/mol. The second-order valence-electron chi connectivity index (χ2n) is 5.57. The van der Waals surface area contributed by atoms with Gasteiger partial charge in [-0.2, -0.15) is 0 Å². The smallest absolute Gasteiger partial charge is 0.140 e. The van der Waals surface area contributed by atoms with Crippen molar-refractivity contribution < 1.29 is 4.79 Å². The summed E-state index contributed by atoms with van der Waals surface area (Å²) in [6.07, 6.45) is 5.12. The fourth-order valence-electron chi connectivity index (χ4n) is 2.84. The van der Waals surface area contributed by atoms with Gasteiger partial charge in [0.2, 0.25) is 0 Å². The minimum absolute atomic E-state index is 0.284. The average molecular weight is 245 g/mol. The third-order valence-electron chi connectivity index (χ3n) is 4.17. The van der Waals surface area contributed by atoms with Crippen LogP contribution in [0.1, 0.15) is 43.7 Å². The predicted molar refractivity (Wildman–Crippen MR) is 74.2 cm³/mol. The van der Waals surface area contributed by atoms with E-state index in [9.17, 15) is 4.79 Å². The van der Waals surface area contributed by atoms with Crippen LogP contribution in [0, 0.1) is 11.8 Å². The lowest BCUT2D eigenvalue weighted by atomic mass is 9.79. The van der Waals surface area contributed by atoms with Crippen LogP contribution in [0.2, 0.25) is 0 Å². The molecule has 2 N–H and O–H groups in total. The van der Waals surface area contributed by atoms with Crippen LogP contribution in [-0.2, 0) is 17.8 Å². The minimum atomic E-state index is 0.284. The maximum Gasteiger partial charge on any atom is 0.140 e. The first-order valence-electron chi connectivity index (χ1n) is 7.00. The van der Waals surface area contributed by atoms with Crippen molar-refractivity contribution in [3.05, 3.63) is 35.4 Å². The fraction of sp³-hybridized carbons (Fsp3) is 0.562. The molecule has 0 spiro atoms. The van der Waals surface area contributed by atoms with E-state index in [2.05, 4.69) is 6.92 Å². The first-order valence-corrected chi connectivity index (χ1v) is 7.00. The van der Waals surface area contributed by atoms with Gasteiger partial charge in [0.25, 0.3) is 0 Å². The van der Waals surface area contributed by atoms with Crippen molar-refractivity contribution in [2.24, 2.45) is 17.6 Å². The Morgan fingerprint density at radius 1 is 1.17 bits per heavy atom. The molecule has 0 bridgehead atoms. The molecule has 0 unspecified atom stereocenters. The highest BCUT2D eigenvalue weighted by atomic mass is 16.1. The Morgan fingerprint density at radius 2 is 1.78 bits per heavy atom. The summed E-state index contributed by atoms with van der Waals surface area (Å²) in [5.41, 5.74) is 7.93. The van der Waals surface area contributed by atoms with E-state index in [-0.39, 0.29) is 5.92 Å². The van der Waals surface area contributed by atoms with Crippen molar-refractivity contribution in [3.8, 4) is 0 Å². The Bertz CT molecular complexity index is 405. The Hall–Kier alpha value is -1.15. The Labute approximate surface area is 110 Å². The van der Waals surface area contributed by atoms with E-state index in [0.717, 1.165) is 29.9 Å². The molecule has 0 saturated heterocycles. The minimum Gasteiger partial charge on any atom is -0.326 e. The molecule has 98 valence electrons. The summed E-state index contributed by atoms with van der Waals surface area (Å²) in [6.45, 7) is 2.80. The number of rotatable bonds is 4. The molecule has 1 aliphatic rings. The lowest BCUT2D eigenvalue weighted by Gasteiger charge is -2.25. The normalized spacial score (nSPS) is 23.9. The van der Waals surface area contributed by atoms with Crippen LogP contribution in [0.4, 0.5) is 0 Å². The predicted octanol–water partition coefficient (Wildman–Crippen LogP) is 3.08. The molecule has 1 fully saturated rings. The Morgan fingerprint density at radius 3 is 2.39 bits per heavy atom. The molecule has 1 saturated carbocycles. The summed E-state index contributed by atoms with van der Waals surface area (Å²) >= 11 is 0. The summed E-state index contributed by atoms with van der Waals surface area (Å²) in [4.78, 5) is 12.3. The van der Waals surface area contributed by atoms with Gasteiger partial charge in [0, 0.05) is 18.9 Å². The van der Waals surface area contributed by atoms with Crippen molar-refractivity contribution >= 4 is 5.78 Å². The second kappa shape index (κ2) is 6.14. The third kappa shape index (κ3) is 3.20. The van der Waals surface area contributed by atoms with Gasteiger partial charge in [-0.1, -0.05) is 44.0 Å². The first kappa shape index (κ1) is 13.3. The molecule has 0 amide bonds. The van der Waals surface area contributed by atoms with Gasteiger partial charge in [0.05, 0.1) is 0 Å². The van der Waals surface area contributed by atoms with E-state index >= 15 is 0 Å². The SMILES string of the molecule is CC1CCC(C(=O)Cc2ccccc2CN)CC1. The lowest BCUT2D eigenvalue weighted by Crippen LogP contribution is -2.22. The van der Waals surface area contributed by atoms with Crippen LogP contribution in [0.25, 0.3) is 0 Å². The molecule has 2 nitrogen and oxygen atoms in total. The third-order valence-corrected chi connectivity index (χ3v) is 4.17. The van der Waals surface area contributed by atoms with E-state index in [1.165, 1.54) is 12.8 Å². The monoisotopic (exact) mass is 245 g/mol. The van der Waals surface area contributed by atoms with Crippen LogP contribution in [0.5, 0.6) is 0 Å². The van der Waals surface area contributed by atoms with Gasteiger partial charge in [-0.05, 0) is 29.9 Å². The summed E-state index contributed by atoms with van der Waals surface area (Å²) in [5, 5.41) is 0. The number of carbonyl (C=O) groups is 1. The first-order chi connectivity index (χ1) is 8.70. The zero-order valence-corrected chi connectivity index (χ0v) is 11.2. The van der Waals surface area contributed by atoms with Crippen molar-refractivity contribution in [2.45, 2.75) is 45.6 Å². The molecule has 18 heavy (non-hydrogen) atoms. The Kier molecular flexibility index (Phi) is 4.54. The summed E-state index contributed by atoms with van der Waals surface area (Å²) < 4.78 is 0. The van der Waals surface area contributed by atoms with Crippen LogP contribution in [0.3, 0.4) is 0 Å². The highest BCUT2D eigenvalue weighted by Crippen LogP contribution is 2.29. The highest BCUT2D eigenvalue weighted by molar-refractivity contribution is 5.83. The maximum absolute atomic E-state index is 12.3. The molecule has 0 aromatic heterocycles. The van der Waals surface area contributed by atoms with Crippen LogP contribution in [-0.4, -0.2) is 5.78 Å². The van der Waals surface area contributed by atoms with Crippen molar-refractivity contribution in [1.82, 2.24) is 0 Å². The van der Waals surface area contributed by atoms with E-state index in [0.29, 0.717) is 18.7 Å². The van der Waals surface area contributed by atoms with E-state index in [1.54, 1.807) is 0 Å². The molecule has 2 rings (SSSR count). The molecule has 0 radical (unpaired) electrons. The zero-order chi connectivity index (χ0) is 13.0. The molecule has 1 aromatic rings. The van der Waals surface area contributed by atoms with Crippen LogP contribution >= 0.6 is 0 Å². The van der Waals surface area contributed by atoms with Crippen molar-refractivity contribution in [3.63, 3.8) is 0 Å². The number of carbonyl (C=O) groups excluding carboxylic acids is 1. The molecule has 2 heteroatoms. The van der Waals surface area contributed by atoms with E-state index in [1.807, 2.05) is 24.3 Å². The maximum atomic E-state index is 12.3. The van der Waals surface area contributed by atoms with Gasteiger partial charge >= 0.3 is 0 Å². The Balaban J connectivity index is 1.98. The van der Waals surface area contributed by atoms with Gasteiger partial charge < -0.3 is 5.73 Å². The number of hydrogen-bond donors (Lipinski definition) is 1. The zero-order valence-electron chi connectivity index (χ0n) is 11.2. The van der Waals surface area contributed by atoms with Gasteiger partial charge in [-0.15, -0.1) is 0 Å². The second-order valence-corrected chi connectivity index (χ2v) is 5.57. The summed E-state index contributed by atoms with van der Waals surface area (Å²) in [7, 11) is 0. The molecule has 0 heterocycles. The highest BCUT2D eigenvalue weighted by Gasteiger charge is 2.24. The number of ketones is 1.